The molecule has 0 fully saturated rings. The summed E-state index contributed by atoms with van der Waals surface area (Å²) in [6.45, 7) is 0. The summed E-state index contributed by atoms with van der Waals surface area (Å²) < 4.78 is 1.67. The minimum absolute atomic E-state index is 0.171. The lowest BCUT2D eigenvalue weighted by Crippen LogP contribution is -2.10. The largest absolute Gasteiger partial charge is 0.295 e. The second-order valence-electron chi connectivity index (χ2n) is 4.19. The van der Waals surface area contributed by atoms with Crippen molar-refractivity contribution in [3.8, 4) is 0 Å². The van der Waals surface area contributed by atoms with Gasteiger partial charge in [-0.15, -0.1) is 11.8 Å². The molecule has 1 aromatic heterocycles. The minimum atomic E-state index is 0.171. The molecule has 0 N–H and O–H groups in total. The normalized spacial score (nSPS) is 18.0. The summed E-state index contributed by atoms with van der Waals surface area (Å²) >= 11 is 1.86. The molecule has 17 heavy (non-hydrogen) atoms. The summed E-state index contributed by atoms with van der Waals surface area (Å²) in [5.41, 5.74) is 2.71. The fourth-order valence-corrected chi connectivity index (χ4v) is 3.51. The Bertz CT molecular complexity index is 533. The molecule has 0 bridgehead atoms. The molecule has 0 amide bonds. The van der Waals surface area contributed by atoms with Crippen LogP contribution in [0.15, 0.2) is 48.8 Å². The van der Waals surface area contributed by atoms with E-state index in [1.54, 1.807) is 4.57 Å². The van der Waals surface area contributed by atoms with E-state index >= 15 is 0 Å². The Hall–Kier alpha value is -1.48. The van der Waals surface area contributed by atoms with Crippen LogP contribution in [0.3, 0.4) is 0 Å². The molecule has 0 saturated carbocycles. The van der Waals surface area contributed by atoms with Crippen molar-refractivity contribution in [2.45, 2.75) is 17.4 Å². The Labute approximate surface area is 105 Å². The number of aromatic nitrogens is 1. The topological polar surface area (TPSA) is 22.0 Å². The maximum Gasteiger partial charge on any atom is 0.232 e. The molecule has 1 aliphatic rings. The van der Waals surface area contributed by atoms with Crippen LogP contribution in [0.2, 0.25) is 0 Å². The average Bonchev–Trinajstić information content (AvgIpc) is 2.98. The van der Waals surface area contributed by atoms with Crippen molar-refractivity contribution in [1.29, 1.82) is 0 Å². The van der Waals surface area contributed by atoms with Gasteiger partial charge in [0.05, 0.1) is 0 Å². The van der Waals surface area contributed by atoms with Crippen LogP contribution in [-0.2, 0) is 5.75 Å². The van der Waals surface area contributed by atoms with Crippen LogP contribution >= 0.6 is 11.8 Å². The minimum Gasteiger partial charge on any atom is -0.295 e. The SMILES string of the molecule is O=C(CC1SCc2ccccc21)n1cccc1. The second kappa shape index (κ2) is 4.41. The summed E-state index contributed by atoms with van der Waals surface area (Å²) in [7, 11) is 0. The standard InChI is InChI=1S/C14H13NOS/c16-14(15-7-3-4-8-15)9-13-12-6-2-1-5-11(12)10-17-13/h1-8,13H,9-10H2. The van der Waals surface area contributed by atoms with E-state index in [-0.39, 0.29) is 5.91 Å². The van der Waals surface area contributed by atoms with Crippen molar-refractivity contribution in [2.24, 2.45) is 0 Å². The zero-order valence-electron chi connectivity index (χ0n) is 9.37. The van der Waals surface area contributed by atoms with Gasteiger partial charge in [-0.2, -0.15) is 0 Å². The first kappa shape index (κ1) is 10.7. The predicted octanol–water partition coefficient (Wildman–Crippen LogP) is 3.51. The number of hydrogen-bond donors (Lipinski definition) is 0. The predicted molar refractivity (Wildman–Crippen MR) is 70.2 cm³/mol. The van der Waals surface area contributed by atoms with E-state index in [0.717, 1.165) is 5.75 Å². The van der Waals surface area contributed by atoms with Gasteiger partial charge in [-0.1, -0.05) is 24.3 Å². The number of nitrogens with zero attached hydrogens (tertiary/aromatic N) is 1. The van der Waals surface area contributed by atoms with Crippen molar-refractivity contribution >= 4 is 17.7 Å². The van der Waals surface area contributed by atoms with Crippen LogP contribution in [0.1, 0.15) is 27.6 Å². The Balaban J connectivity index is 1.78. The molecule has 2 aromatic rings. The first-order valence-electron chi connectivity index (χ1n) is 5.70. The molecule has 0 aliphatic carbocycles. The molecule has 3 heteroatoms. The lowest BCUT2D eigenvalue weighted by molar-refractivity contribution is 0.0902. The monoisotopic (exact) mass is 243 g/mol. The third kappa shape index (κ3) is 2.03. The number of fused-ring (bicyclic) bond motifs is 1. The quantitative estimate of drug-likeness (QED) is 0.805. The van der Waals surface area contributed by atoms with E-state index in [9.17, 15) is 4.79 Å². The number of hydrogen-bond acceptors (Lipinski definition) is 2. The average molecular weight is 243 g/mol. The van der Waals surface area contributed by atoms with Crippen LogP contribution in [0.4, 0.5) is 0 Å². The van der Waals surface area contributed by atoms with E-state index < -0.39 is 0 Å². The summed E-state index contributed by atoms with van der Waals surface area (Å²) in [6, 6.07) is 12.2. The zero-order chi connectivity index (χ0) is 11.7. The van der Waals surface area contributed by atoms with Crippen LogP contribution in [0.25, 0.3) is 0 Å². The third-order valence-electron chi connectivity index (χ3n) is 3.09. The maximum absolute atomic E-state index is 12.0. The van der Waals surface area contributed by atoms with Crippen molar-refractivity contribution in [3.05, 3.63) is 59.9 Å². The molecule has 1 atom stereocenters. The highest BCUT2D eigenvalue weighted by Crippen LogP contribution is 2.43. The van der Waals surface area contributed by atoms with Gasteiger partial charge in [-0.25, -0.2) is 0 Å². The molecule has 2 heterocycles. The van der Waals surface area contributed by atoms with E-state index in [2.05, 4.69) is 24.3 Å². The Morgan fingerprint density at radius 1 is 1.24 bits per heavy atom. The molecule has 2 nitrogen and oxygen atoms in total. The molecule has 0 radical (unpaired) electrons. The van der Waals surface area contributed by atoms with Gasteiger partial charge < -0.3 is 0 Å². The molecule has 86 valence electrons. The molecule has 0 saturated heterocycles. The zero-order valence-corrected chi connectivity index (χ0v) is 10.2. The summed E-state index contributed by atoms with van der Waals surface area (Å²) in [5.74, 6) is 1.20. The van der Waals surface area contributed by atoms with E-state index in [4.69, 9.17) is 0 Å². The molecular formula is C14H13NOS. The van der Waals surface area contributed by atoms with Crippen LogP contribution in [-0.4, -0.2) is 10.5 Å². The van der Waals surface area contributed by atoms with Gasteiger partial charge >= 0.3 is 0 Å². The molecule has 0 spiro atoms. The third-order valence-corrected chi connectivity index (χ3v) is 4.40. The van der Waals surface area contributed by atoms with Gasteiger partial charge in [0, 0.05) is 29.8 Å². The Morgan fingerprint density at radius 2 is 2.00 bits per heavy atom. The van der Waals surface area contributed by atoms with Gasteiger partial charge in [-0.3, -0.25) is 9.36 Å². The van der Waals surface area contributed by atoms with Crippen LogP contribution in [0.5, 0.6) is 0 Å². The van der Waals surface area contributed by atoms with Gasteiger partial charge in [0.2, 0.25) is 5.91 Å². The second-order valence-corrected chi connectivity index (χ2v) is 5.38. The smallest absolute Gasteiger partial charge is 0.232 e. The first-order valence-corrected chi connectivity index (χ1v) is 6.75. The first-order chi connectivity index (χ1) is 8.34. The number of benzene rings is 1. The highest BCUT2D eigenvalue weighted by Gasteiger charge is 2.25. The number of rotatable bonds is 2. The highest BCUT2D eigenvalue weighted by atomic mass is 32.2. The van der Waals surface area contributed by atoms with Gasteiger partial charge in [0.25, 0.3) is 0 Å². The summed E-state index contributed by atoms with van der Waals surface area (Å²) in [4.78, 5) is 12.0. The maximum atomic E-state index is 12.0. The number of carbonyl (C=O) groups excluding carboxylic acids is 1. The van der Waals surface area contributed by atoms with E-state index in [1.165, 1.54) is 11.1 Å². The fraction of sp³-hybridized carbons (Fsp3) is 0.214. The van der Waals surface area contributed by atoms with Crippen LogP contribution < -0.4 is 0 Å². The lowest BCUT2D eigenvalue weighted by Gasteiger charge is -2.10. The highest BCUT2D eigenvalue weighted by molar-refractivity contribution is 7.99. The molecular weight excluding hydrogens is 230 g/mol. The molecule has 1 aromatic carbocycles. The van der Waals surface area contributed by atoms with E-state index in [0.29, 0.717) is 11.7 Å². The van der Waals surface area contributed by atoms with Crippen molar-refractivity contribution in [1.82, 2.24) is 4.57 Å². The number of carbonyl (C=O) groups is 1. The molecule has 1 aliphatic heterocycles. The van der Waals surface area contributed by atoms with Gasteiger partial charge in [0.1, 0.15) is 0 Å². The summed E-state index contributed by atoms with van der Waals surface area (Å²) in [5, 5.41) is 0.320. The van der Waals surface area contributed by atoms with Crippen molar-refractivity contribution < 1.29 is 4.79 Å². The fourth-order valence-electron chi connectivity index (χ4n) is 2.19. The van der Waals surface area contributed by atoms with Crippen molar-refractivity contribution in [2.75, 3.05) is 0 Å². The molecule has 3 rings (SSSR count). The van der Waals surface area contributed by atoms with Crippen molar-refractivity contribution in [3.63, 3.8) is 0 Å². The molecule has 1 unspecified atom stereocenters. The van der Waals surface area contributed by atoms with Gasteiger partial charge in [-0.05, 0) is 23.3 Å². The Kier molecular flexibility index (Phi) is 2.77. The Morgan fingerprint density at radius 3 is 2.82 bits per heavy atom. The van der Waals surface area contributed by atoms with E-state index in [1.807, 2.05) is 36.3 Å². The summed E-state index contributed by atoms with van der Waals surface area (Å²) in [6.07, 6.45) is 4.21. The number of thioether (sulfide) groups is 1. The van der Waals surface area contributed by atoms with Crippen LogP contribution in [0, 0.1) is 0 Å². The lowest BCUT2D eigenvalue weighted by atomic mass is 10.0. The van der Waals surface area contributed by atoms with Gasteiger partial charge in [0.15, 0.2) is 0 Å².